The molecule has 1 aliphatic rings. The zero-order chi connectivity index (χ0) is 24.0. The molecule has 3 aromatic rings. The van der Waals surface area contributed by atoms with Crippen LogP contribution in [0.4, 0.5) is 0 Å². The minimum Gasteiger partial charge on any atom is -0.382 e. The Bertz CT molecular complexity index is 1260. The van der Waals surface area contributed by atoms with E-state index in [0.29, 0.717) is 56.4 Å². The van der Waals surface area contributed by atoms with Gasteiger partial charge in [-0.1, -0.05) is 23.9 Å². The lowest BCUT2D eigenvalue weighted by molar-refractivity contribution is 0.0730. The fourth-order valence-electron chi connectivity index (χ4n) is 3.80. The van der Waals surface area contributed by atoms with Gasteiger partial charge in [-0.15, -0.1) is 0 Å². The van der Waals surface area contributed by atoms with Gasteiger partial charge in [-0.3, -0.25) is 0 Å². The fraction of sp³-hybridized carbons (Fsp3) is 0.417. The third-order valence-electron chi connectivity index (χ3n) is 5.62. The number of rotatable bonds is 10. The molecule has 0 spiro atoms. The van der Waals surface area contributed by atoms with Gasteiger partial charge >= 0.3 is 0 Å². The second-order valence-corrected chi connectivity index (χ2v) is 10.7. The lowest BCUT2D eigenvalue weighted by Gasteiger charge is -2.26. The number of nitrogens with zero attached hydrogens (tertiary/aromatic N) is 4. The van der Waals surface area contributed by atoms with Crippen LogP contribution in [0.25, 0.3) is 11.0 Å². The molecular weight excluding hydrogens is 472 g/mol. The lowest BCUT2D eigenvalue weighted by atomic mass is 10.2. The Morgan fingerprint density at radius 1 is 1.18 bits per heavy atom. The molecule has 0 amide bonds. The Hall–Kier alpha value is -2.42. The quantitative estimate of drug-likeness (QED) is 0.310. The molecule has 4 rings (SSSR count). The highest BCUT2D eigenvalue weighted by molar-refractivity contribution is 7.98. The predicted octanol–water partition coefficient (Wildman–Crippen LogP) is 3.65. The number of thioether (sulfide) groups is 1. The summed E-state index contributed by atoms with van der Waals surface area (Å²) in [6.07, 6.45) is 0.831. The zero-order valence-corrected chi connectivity index (χ0v) is 20.8. The average Bonchev–Trinajstić information content (AvgIpc) is 3.22. The molecule has 2 heterocycles. The molecule has 2 aromatic carbocycles. The van der Waals surface area contributed by atoms with Gasteiger partial charge in [-0.25, -0.2) is 13.4 Å². The Kier molecular flexibility index (Phi) is 8.24. The zero-order valence-electron chi connectivity index (χ0n) is 19.1. The monoisotopic (exact) mass is 500 g/mol. The summed E-state index contributed by atoms with van der Waals surface area (Å²) in [5, 5.41) is 9.84. The number of benzene rings is 2. The first-order valence-electron chi connectivity index (χ1n) is 11.3. The summed E-state index contributed by atoms with van der Waals surface area (Å²) in [5.74, 6) is 0.694. The van der Waals surface area contributed by atoms with Gasteiger partial charge in [0.15, 0.2) is 5.16 Å². The number of fused-ring (bicyclic) bond motifs is 1. The van der Waals surface area contributed by atoms with E-state index in [0.717, 1.165) is 29.2 Å². The van der Waals surface area contributed by atoms with Crippen LogP contribution in [0.2, 0.25) is 0 Å². The van der Waals surface area contributed by atoms with E-state index in [9.17, 15) is 8.42 Å². The molecule has 0 N–H and O–H groups in total. The molecule has 0 unspecified atom stereocenters. The fourth-order valence-corrected chi connectivity index (χ4v) is 6.23. The summed E-state index contributed by atoms with van der Waals surface area (Å²) in [5.41, 5.74) is 3.28. The first-order chi connectivity index (χ1) is 16.5. The van der Waals surface area contributed by atoms with Gasteiger partial charge in [0, 0.05) is 38.6 Å². The maximum atomic E-state index is 13.1. The molecule has 0 saturated carbocycles. The number of hydrogen-bond acceptors (Lipinski definition) is 7. The number of sulfonamides is 1. The topological polar surface area (TPSA) is 97.4 Å². The van der Waals surface area contributed by atoms with Crippen LogP contribution in [0.15, 0.2) is 52.5 Å². The second kappa shape index (κ2) is 11.3. The highest BCUT2D eigenvalue weighted by Gasteiger charge is 2.27. The largest absolute Gasteiger partial charge is 0.382 e. The van der Waals surface area contributed by atoms with E-state index in [1.807, 2.05) is 37.3 Å². The lowest BCUT2D eigenvalue weighted by Crippen LogP contribution is -2.40. The van der Waals surface area contributed by atoms with Crippen molar-refractivity contribution >= 4 is 32.8 Å². The Morgan fingerprint density at radius 3 is 2.65 bits per heavy atom. The highest BCUT2D eigenvalue weighted by atomic mass is 32.2. The molecule has 0 radical (unpaired) electrons. The molecule has 1 saturated heterocycles. The van der Waals surface area contributed by atoms with E-state index in [1.165, 1.54) is 4.31 Å². The van der Waals surface area contributed by atoms with E-state index in [-0.39, 0.29) is 4.90 Å². The number of imidazole rings is 1. The van der Waals surface area contributed by atoms with Gasteiger partial charge in [0.1, 0.15) is 0 Å². The van der Waals surface area contributed by atoms with Crippen molar-refractivity contribution in [2.45, 2.75) is 35.7 Å². The van der Waals surface area contributed by atoms with Crippen LogP contribution in [-0.4, -0.2) is 61.8 Å². The normalized spacial score (nSPS) is 14.9. The molecule has 1 aliphatic heterocycles. The van der Waals surface area contributed by atoms with Crippen molar-refractivity contribution in [3.8, 4) is 6.07 Å². The van der Waals surface area contributed by atoms with Gasteiger partial charge in [-0.2, -0.15) is 9.57 Å². The van der Waals surface area contributed by atoms with Crippen LogP contribution >= 0.6 is 11.8 Å². The maximum Gasteiger partial charge on any atom is 0.243 e. The van der Waals surface area contributed by atoms with Crippen LogP contribution < -0.4 is 0 Å². The smallest absolute Gasteiger partial charge is 0.243 e. The molecule has 34 heavy (non-hydrogen) atoms. The van der Waals surface area contributed by atoms with Gasteiger partial charge in [0.25, 0.3) is 0 Å². The van der Waals surface area contributed by atoms with Crippen molar-refractivity contribution in [2.75, 3.05) is 39.5 Å². The summed E-state index contributed by atoms with van der Waals surface area (Å²) in [6.45, 7) is 5.56. The highest BCUT2D eigenvalue weighted by Crippen LogP contribution is 2.29. The van der Waals surface area contributed by atoms with Crippen LogP contribution in [0.5, 0.6) is 0 Å². The molecule has 180 valence electrons. The van der Waals surface area contributed by atoms with E-state index < -0.39 is 10.0 Å². The van der Waals surface area contributed by atoms with Gasteiger partial charge in [0.05, 0.1) is 40.8 Å². The van der Waals surface area contributed by atoms with E-state index >= 15 is 0 Å². The standard InChI is InChI=1S/C24H28N4O4S2/c1-2-31-13-3-10-28-23-9-8-21(34(29,30)27-11-14-32-15-12-27)16-22(23)26-24(28)33-18-20-6-4-19(17-25)5-7-20/h4-9,16H,2-3,10-15,18H2,1H3. The average molecular weight is 501 g/mol. The Balaban J connectivity index is 1.61. The predicted molar refractivity (Wildman–Crippen MR) is 131 cm³/mol. The Labute approximate surface area is 204 Å². The van der Waals surface area contributed by atoms with E-state index in [1.54, 1.807) is 23.9 Å². The molecule has 0 atom stereocenters. The number of morpholine rings is 1. The van der Waals surface area contributed by atoms with E-state index in [4.69, 9.17) is 19.7 Å². The minimum absolute atomic E-state index is 0.254. The summed E-state index contributed by atoms with van der Waals surface area (Å²) in [7, 11) is -3.59. The van der Waals surface area contributed by atoms with Gasteiger partial charge in [-0.05, 0) is 49.2 Å². The summed E-state index contributed by atoms with van der Waals surface area (Å²) < 4.78 is 40.6. The van der Waals surface area contributed by atoms with Crippen LogP contribution in [-0.2, 0) is 31.8 Å². The number of ether oxygens (including phenoxy) is 2. The van der Waals surface area contributed by atoms with E-state index in [2.05, 4.69) is 10.6 Å². The summed E-state index contributed by atoms with van der Waals surface area (Å²) >= 11 is 1.60. The number of aromatic nitrogens is 2. The molecule has 0 aliphatic carbocycles. The maximum absolute atomic E-state index is 13.1. The third-order valence-corrected chi connectivity index (χ3v) is 8.56. The van der Waals surface area contributed by atoms with Crippen molar-refractivity contribution in [3.05, 3.63) is 53.6 Å². The minimum atomic E-state index is -3.59. The van der Waals surface area contributed by atoms with Gasteiger partial charge in [0.2, 0.25) is 10.0 Å². The number of hydrogen-bond donors (Lipinski definition) is 0. The summed E-state index contributed by atoms with van der Waals surface area (Å²) in [4.78, 5) is 5.06. The van der Waals surface area contributed by atoms with Crippen molar-refractivity contribution in [1.29, 1.82) is 5.26 Å². The first kappa shape index (κ1) is 24.7. The Morgan fingerprint density at radius 2 is 1.94 bits per heavy atom. The summed E-state index contributed by atoms with van der Waals surface area (Å²) in [6, 6.07) is 14.8. The first-order valence-corrected chi connectivity index (χ1v) is 13.7. The number of nitriles is 1. The SMILES string of the molecule is CCOCCCn1c(SCc2ccc(C#N)cc2)nc2cc(S(=O)(=O)N3CCOCC3)ccc21. The van der Waals surface area contributed by atoms with Crippen LogP contribution in [0.1, 0.15) is 24.5 Å². The molecular formula is C24H28N4O4S2. The van der Waals surface area contributed by atoms with Crippen molar-refractivity contribution in [2.24, 2.45) is 0 Å². The van der Waals surface area contributed by atoms with Crippen molar-refractivity contribution < 1.29 is 17.9 Å². The third kappa shape index (κ3) is 5.62. The van der Waals surface area contributed by atoms with Crippen molar-refractivity contribution in [1.82, 2.24) is 13.9 Å². The van der Waals surface area contributed by atoms with Crippen LogP contribution in [0.3, 0.4) is 0 Å². The van der Waals surface area contributed by atoms with Crippen molar-refractivity contribution in [3.63, 3.8) is 0 Å². The molecule has 8 nitrogen and oxygen atoms in total. The molecule has 1 fully saturated rings. The number of aryl methyl sites for hydroxylation is 1. The van der Waals surface area contributed by atoms with Gasteiger partial charge < -0.3 is 14.0 Å². The second-order valence-electron chi connectivity index (χ2n) is 7.86. The van der Waals surface area contributed by atoms with Crippen LogP contribution in [0, 0.1) is 11.3 Å². The molecule has 0 bridgehead atoms. The molecule has 1 aromatic heterocycles. The molecule has 10 heteroatoms.